The quantitative estimate of drug-likeness (QED) is 0.270. The molecule has 0 bridgehead atoms. The van der Waals surface area contributed by atoms with Gasteiger partial charge in [-0.1, -0.05) is 51.9 Å². The van der Waals surface area contributed by atoms with Gasteiger partial charge in [0.15, 0.2) is 5.76 Å². The maximum atomic E-state index is 11.6. The third-order valence-electron chi connectivity index (χ3n) is 3.43. The Morgan fingerprint density at radius 1 is 1.22 bits per heavy atom. The second-order valence-electron chi connectivity index (χ2n) is 5.45. The minimum atomic E-state index is -0.627. The minimum Gasteiger partial charge on any atom is -0.400 e. The van der Waals surface area contributed by atoms with Crippen molar-refractivity contribution < 1.29 is 14.1 Å². The lowest BCUT2D eigenvalue weighted by molar-refractivity contribution is -0.402. The topological polar surface area (TPSA) is 97.7 Å². The standard InChI is InChI=1S/C16H25N3O4/c1-2-3-4-5-6-7-8-9-10-15(20)18-17-13-14-11-12-16(23-14)19(21)22/h11-13H,2-10H2,1H3,(H,18,20)/b17-13+. The molecule has 0 aliphatic heterocycles. The van der Waals surface area contributed by atoms with E-state index in [1.54, 1.807) is 0 Å². The summed E-state index contributed by atoms with van der Waals surface area (Å²) in [4.78, 5) is 21.4. The fourth-order valence-electron chi connectivity index (χ4n) is 2.15. The van der Waals surface area contributed by atoms with Gasteiger partial charge in [0.25, 0.3) is 0 Å². The number of furan rings is 1. The number of carbonyl (C=O) groups excluding carboxylic acids is 1. The Morgan fingerprint density at radius 2 is 1.87 bits per heavy atom. The van der Waals surface area contributed by atoms with Crippen molar-refractivity contribution in [1.29, 1.82) is 0 Å². The van der Waals surface area contributed by atoms with E-state index in [0.717, 1.165) is 19.3 Å². The predicted molar refractivity (Wildman–Crippen MR) is 88.3 cm³/mol. The first-order valence-electron chi connectivity index (χ1n) is 8.19. The summed E-state index contributed by atoms with van der Waals surface area (Å²) in [5.74, 6) is -0.283. The average molecular weight is 323 g/mol. The van der Waals surface area contributed by atoms with Gasteiger partial charge in [0, 0.05) is 6.42 Å². The summed E-state index contributed by atoms with van der Waals surface area (Å²) < 4.78 is 4.88. The molecule has 1 amide bonds. The highest BCUT2D eigenvalue weighted by Crippen LogP contribution is 2.13. The fraction of sp³-hybridized carbons (Fsp3) is 0.625. The fourth-order valence-corrected chi connectivity index (χ4v) is 2.15. The number of nitrogens with one attached hydrogen (secondary N) is 1. The molecule has 0 unspecified atom stereocenters. The molecule has 128 valence electrons. The first-order chi connectivity index (χ1) is 11.1. The van der Waals surface area contributed by atoms with Crippen LogP contribution in [0.15, 0.2) is 21.7 Å². The molecular weight excluding hydrogens is 298 g/mol. The van der Waals surface area contributed by atoms with Crippen molar-refractivity contribution in [1.82, 2.24) is 5.43 Å². The van der Waals surface area contributed by atoms with E-state index in [2.05, 4.69) is 17.5 Å². The highest BCUT2D eigenvalue weighted by Gasteiger charge is 2.10. The third-order valence-corrected chi connectivity index (χ3v) is 3.43. The van der Waals surface area contributed by atoms with Crippen LogP contribution >= 0.6 is 0 Å². The molecule has 0 saturated carbocycles. The van der Waals surface area contributed by atoms with Gasteiger partial charge in [-0.15, -0.1) is 0 Å². The molecule has 0 spiro atoms. The van der Waals surface area contributed by atoms with Gasteiger partial charge >= 0.3 is 5.88 Å². The van der Waals surface area contributed by atoms with Crippen LogP contribution in [0, 0.1) is 10.1 Å². The van der Waals surface area contributed by atoms with Crippen LogP contribution in [-0.4, -0.2) is 17.0 Å². The SMILES string of the molecule is CCCCCCCCCCC(=O)N/N=C/c1ccc([N+](=O)[O-])o1. The minimum absolute atomic E-state index is 0.159. The number of amides is 1. The average Bonchev–Trinajstić information content (AvgIpc) is 2.99. The summed E-state index contributed by atoms with van der Waals surface area (Å²) >= 11 is 0. The van der Waals surface area contributed by atoms with Crippen LogP contribution in [-0.2, 0) is 4.79 Å². The molecule has 0 aromatic carbocycles. The predicted octanol–water partition coefficient (Wildman–Crippen LogP) is 4.17. The molecule has 1 aromatic heterocycles. The monoisotopic (exact) mass is 323 g/mol. The smallest absolute Gasteiger partial charge is 0.400 e. The molecule has 1 heterocycles. The molecule has 0 atom stereocenters. The molecule has 0 saturated heterocycles. The van der Waals surface area contributed by atoms with E-state index in [9.17, 15) is 14.9 Å². The van der Waals surface area contributed by atoms with Gasteiger partial charge in [0.1, 0.15) is 4.92 Å². The maximum Gasteiger partial charge on any atom is 0.433 e. The van der Waals surface area contributed by atoms with Gasteiger partial charge in [-0.25, -0.2) is 5.43 Å². The lowest BCUT2D eigenvalue weighted by Gasteiger charge is -2.01. The molecule has 0 aliphatic carbocycles. The van der Waals surface area contributed by atoms with Crippen LogP contribution in [0.25, 0.3) is 0 Å². The number of nitrogens with zero attached hydrogens (tertiary/aromatic N) is 2. The first kappa shape index (κ1) is 18.9. The van der Waals surface area contributed by atoms with E-state index in [0.29, 0.717) is 6.42 Å². The highest BCUT2D eigenvalue weighted by atomic mass is 16.6. The second kappa shape index (κ2) is 11.4. The van der Waals surface area contributed by atoms with Crippen LogP contribution in [0.3, 0.4) is 0 Å². The van der Waals surface area contributed by atoms with Gasteiger partial charge in [-0.05, 0) is 12.5 Å². The molecule has 0 aliphatic rings. The number of nitro groups is 1. The molecule has 0 fully saturated rings. The summed E-state index contributed by atoms with van der Waals surface area (Å²) in [7, 11) is 0. The van der Waals surface area contributed by atoms with Crippen molar-refractivity contribution in [3.63, 3.8) is 0 Å². The largest absolute Gasteiger partial charge is 0.433 e. The Morgan fingerprint density at radius 3 is 2.48 bits per heavy atom. The molecule has 7 heteroatoms. The Hall–Kier alpha value is -2.18. The summed E-state index contributed by atoms with van der Waals surface area (Å²) in [6.07, 6.45) is 11.1. The number of rotatable bonds is 12. The normalized spacial score (nSPS) is 11.0. The number of carbonyl (C=O) groups is 1. The lowest BCUT2D eigenvalue weighted by Crippen LogP contribution is -2.16. The van der Waals surface area contributed by atoms with E-state index in [4.69, 9.17) is 4.42 Å². The highest BCUT2D eigenvalue weighted by molar-refractivity contribution is 5.80. The zero-order valence-corrected chi connectivity index (χ0v) is 13.6. The van der Waals surface area contributed by atoms with Crippen LogP contribution in [0.4, 0.5) is 5.88 Å². The van der Waals surface area contributed by atoms with Gasteiger partial charge in [-0.3, -0.25) is 14.9 Å². The van der Waals surface area contributed by atoms with E-state index < -0.39 is 4.92 Å². The molecule has 7 nitrogen and oxygen atoms in total. The van der Waals surface area contributed by atoms with Crippen molar-refractivity contribution in [2.24, 2.45) is 5.10 Å². The van der Waals surface area contributed by atoms with Crippen LogP contribution < -0.4 is 5.43 Å². The summed E-state index contributed by atoms with van der Waals surface area (Å²) in [5, 5.41) is 14.2. The number of unbranched alkanes of at least 4 members (excludes halogenated alkanes) is 7. The van der Waals surface area contributed by atoms with Crippen molar-refractivity contribution in [2.75, 3.05) is 0 Å². The summed E-state index contributed by atoms with van der Waals surface area (Å²) in [5.41, 5.74) is 2.39. The van der Waals surface area contributed by atoms with Crippen molar-refractivity contribution in [3.05, 3.63) is 28.0 Å². The van der Waals surface area contributed by atoms with E-state index in [1.807, 2.05) is 0 Å². The van der Waals surface area contributed by atoms with Gasteiger partial charge < -0.3 is 4.42 Å². The zero-order chi connectivity index (χ0) is 16.9. The zero-order valence-electron chi connectivity index (χ0n) is 13.6. The number of hydrazone groups is 1. The molecule has 0 radical (unpaired) electrons. The van der Waals surface area contributed by atoms with Crippen LogP contribution in [0.5, 0.6) is 0 Å². The van der Waals surface area contributed by atoms with Gasteiger partial charge in [0.2, 0.25) is 5.91 Å². The molecule has 23 heavy (non-hydrogen) atoms. The van der Waals surface area contributed by atoms with Crippen molar-refractivity contribution in [3.8, 4) is 0 Å². The molecule has 1 N–H and O–H groups in total. The summed E-state index contributed by atoms with van der Waals surface area (Å²) in [6.45, 7) is 2.20. The van der Waals surface area contributed by atoms with E-state index >= 15 is 0 Å². The Balaban J connectivity index is 2.07. The second-order valence-corrected chi connectivity index (χ2v) is 5.45. The van der Waals surface area contributed by atoms with Crippen molar-refractivity contribution >= 4 is 18.0 Å². The van der Waals surface area contributed by atoms with Crippen molar-refractivity contribution in [2.45, 2.75) is 64.7 Å². The molecule has 1 aromatic rings. The first-order valence-corrected chi connectivity index (χ1v) is 8.19. The Kier molecular flexibility index (Phi) is 9.35. The Labute approximate surface area is 136 Å². The van der Waals surface area contributed by atoms with Crippen LogP contribution in [0.1, 0.15) is 70.5 Å². The molecule has 1 rings (SSSR count). The number of hydrogen-bond acceptors (Lipinski definition) is 5. The number of hydrogen-bond donors (Lipinski definition) is 1. The third kappa shape index (κ3) is 8.75. The van der Waals surface area contributed by atoms with Gasteiger partial charge in [-0.2, -0.15) is 5.10 Å². The maximum absolute atomic E-state index is 11.6. The van der Waals surface area contributed by atoms with E-state index in [1.165, 1.54) is 50.5 Å². The van der Waals surface area contributed by atoms with E-state index in [-0.39, 0.29) is 17.6 Å². The van der Waals surface area contributed by atoms with Gasteiger partial charge in [0.05, 0.1) is 12.3 Å². The summed E-state index contributed by atoms with van der Waals surface area (Å²) in [6, 6.07) is 2.66. The van der Waals surface area contributed by atoms with Crippen LogP contribution in [0.2, 0.25) is 0 Å². The lowest BCUT2D eigenvalue weighted by atomic mass is 10.1. The molecular formula is C16H25N3O4. The Bertz CT molecular complexity index is 511.